The maximum absolute atomic E-state index is 14.7. The molecule has 0 aliphatic carbocycles. The summed E-state index contributed by atoms with van der Waals surface area (Å²) < 4.78 is 25.5. The molecule has 0 spiro atoms. The van der Waals surface area contributed by atoms with E-state index in [-0.39, 0.29) is 17.9 Å². The quantitative estimate of drug-likeness (QED) is 0.493. The molecule has 1 aromatic heterocycles. The number of ether oxygens (including phenoxy) is 2. The van der Waals surface area contributed by atoms with Gasteiger partial charge in [-0.05, 0) is 36.2 Å². The molecule has 2 heterocycles. The van der Waals surface area contributed by atoms with Crippen molar-refractivity contribution in [1.82, 2.24) is 9.88 Å². The highest BCUT2D eigenvalue weighted by Gasteiger charge is 2.29. The number of aromatic nitrogens is 1. The molecule has 162 valence electrons. The van der Waals surface area contributed by atoms with Gasteiger partial charge in [-0.25, -0.2) is 14.0 Å². The second kappa shape index (κ2) is 8.94. The predicted molar refractivity (Wildman–Crippen MR) is 118 cm³/mol. The van der Waals surface area contributed by atoms with Gasteiger partial charge in [0.1, 0.15) is 18.2 Å². The van der Waals surface area contributed by atoms with E-state index in [4.69, 9.17) is 16.0 Å². The summed E-state index contributed by atoms with van der Waals surface area (Å²) in [5.74, 6) is 0.518. The van der Waals surface area contributed by atoms with E-state index in [1.54, 1.807) is 66.5 Å². The number of anilines is 2. The van der Waals surface area contributed by atoms with Gasteiger partial charge >= 0.3 is 6.09 Å². The Balaban J connectivity index is 1.45. The Morgan fingerprint density at radius 1 is 1.28 bits per heavy atom. The minimum absolute atomic E-state index is 0.00119. The van der Waals surface area contributed by atoms with Crippen LogP contribution in [-0.2, 0) is 11.2 Å². The van der Waals surface area contributed by atoms with Crippen LogP contribution in [0, 0.1) is 12.4 Å². The molecule has 1 amide bonds. The monoisotopic (exact) mass is 432 g/mol. The molecule has 32 heavy (non-hydrogen) atoms. The van der Waals surface area contributed by atoms with Crippen LogP contribution in [0.25, 0.3) is 4.85 Å². The molecule has 7 nitrogen and oxygen atoms in total. The summed E-state index contributed by atoms with van der Waals surface area (Å²) in [6.07, 6.45) is 1.94. The third-order valence-electron chi connectivity index (χ3n) is 5.36. The average Bonchev–Trinajstić information content (AvgIpc) is 3.13. The summed E-state index contributed by atoms with van der Waals surface area (Å²) in [7, 11) is 3.45. The molecule has 4 rings (SSSR count). The minimum atomic E-state index is -0.526. The maximum atomic E-state index is 14.7. The molecule has 1 saturated heterocycles. The highest BCUT2D eigenvalue weighted by Crippen LogP contribution is 2.33. The van der Waals surface area contributed by atoms with Crippen molar-refractivity contribution in [1.29, 1.82) is 0 Å². The van der Waals surface area contributed by atoms with Gasteiger partial charge < -0.3 is 19.3 Å². The molecule has 0 radical (unpaired) electrons. The summed E-state index contributed by atoms with van der Waals surface area (Å²) in [6, 6.07) is 15.3. The van der Waals surface area contributed by atoms with E-state index >= 15 is 0 Å². The lowest BCUT2D eigenvalue weighted by atomic mass is 10.1. The van der Waals surface area contributed by atoms with Crippen LogP contribution >= 0.6 is 0 Å². The van der Waals surface area contributed by atoms with E-state index in [1.165, 1.54) is 6.07 Å². The van der Waals surface area contributed by atoms with Crippen LogP contribution in [0.15, 0.2) is 60.8 Å². The number of pyridine rings is 1. The van der Waals surface area contributed by atoms with E-state index < -0.39 is 5.82 Å². The van der Waals surface area contributed by atoms with Crippen molar-refractivity contribution in [3.63, 3.8) is 0 Å². The van der Waals surface area contributed by atoms with Crippen LogP contribution in [0.1, 0.15) is 5.56 Å². The van der Waals surface area contributed by atoms with E-state index in [9.17, 15) is 9.18 Å². The van der Waals surface area contributed by atoms with Gasteiger partial charge in [0.2, 0.25) is 5.69 Å². The van der Waals surface area contributed by atoms with Gasteiger partial charge in [0.25, 0.3) is 0 Å². The van der Waals surface area contributed by atoms with Crippen molar-refractivity contribution < 1.29 is 18.7 Å². The first-order valence-corrected chi connectivity index (χ1v) is 9.98. The van der Waals surface area contributed by atoms with Crippen LogP contribution in [-0.4, -0.2) is 42.7 Å². The van der Waals surface area contributed by atoms with Gasteiger partial charge in [0.05, 0.1) is 12.6 Å². The first-order chi connectivity index (χ1) is 15.5. The van der Waals surface area contributed by atoms with Crippen LogP contribution in [0.4, 0.5) is 26.4 Å². The van der Waals surface area contributed by atoms with Crippen LogP contribution < -0.4 is 9.64 Å². The lowest BCUT2D eigenvalue weighted by Gasteiger charge is -2.20. The van der Waals surface area contributed by atoms with E-state index in [1.807, 2.05) is 12.1 Å². The number of carbonyl (C=O) groups is 1. The molecule has 0 N–H and O–H groups in total. The van der Waals surface area contributed by atoms with Gasteiger partial charge in [0.15, 0.2) is 11.6 Å². The molecular weight excluding hydrogens is 411 g/mol. The third kappa shape index (κ3) is 4.32. The predicted octanol–water partition coefficient (Wildman–Crippen LogP) is 5.32. The molecule has 3 aromatic rings. The number of likely N-dealkylation sites (N-methyl/N-ethyl adjacent to an activating group) is 1. The smallest absolute Gasteiger partial charge is 0.409 e. The molecule has 0 unspecified atom stereocenters. The van der Waals surface area contributed by atoms with Crippen LogP contribution in [0.3, 0.4) is 0 Å². The number of rotatable bonds is 6. The first kappa shape index (κ1) is 21.1. The molecule has 8 heteroatoms. The third-order valence-corrected chi connectivity index (χ3v) is 5.36. The van der Waals surface area contributed by atoms with Crippen molar-refractivity contribution >= 4 is 23.3 Å². The number of hydrogen-bond donors (Lipinski definition) is 0. The Hall–Kier alpha value is -4.12. The molecule has 1 aliphatic heterocycles. The molecule has 1 aliphatic rings. The minimum Gasteiger partial charge on any atom is -0.454 e. The maximum Gasteiger partial charge on any atom is 0.409 e. The summed E-state index contributed by atoms with van der Waals surface area (Å²) >= 11 is 0. The molecule has 1 atom stereocenters. The Morgan fingerprint density at radius 2 is 2.06 bits per heavy atom. The van der Waals surface area contributed by atoms with Crippen molar-refractivity contribution in [3.05, 3.63) is 83.6 Å². The van der Waals surface area contributed by atoms with Gasteiger partial charge in [0, 0.05) is 32.0 Å². The summed E-state index contributed by atoms with van der Waals surface area (Å²) in [6.45, 7) is 7.65. The molecule has 0 saturated carbocycles. The topological polar surface area (TPSA) is 59.3 Å². The zero-order valence-electron chi connectivity index (χ0n) is 17.7. The number of nitrogens with zero attached hydrogens (tertiary/aromatic N) is 4. The van der Waals surface area contributed by atoms with Gasteiger partial charge in [-0.2, -0.15) is 0 Å². The normalized spacial score (nSPS) is 15.2. The Kier molecular flexibility index (Phi) is 5.90. The highest BCUT2D eigenvalue weighted by atomic mass is 19.1. The molecular formula is C24H21FN4O3. The lowest BCUT2D eigenvalue weighted by molar-refractivity contribution is 0.163. The Bertz CT molecular complexity index is 1180. The average molecular weight is 432 g/mol. The van der Waals surface area contributed by atoms with E-state index in [0.717, 1.165) is 5.56 Å². The lowest BCUT2D eigenvalue weighted by Crippen LogP contribution is -2.30. The number of benzene rings is 2. The number of hydrogen-bond acceptors (Lipinski definition) is 5. The summed E-state index contributed by atoms with van der Waals surface area (Å²) in [5, 5.41) is 0. The van der Waals surface area contributed by atoms with Crippen LogP contribution in [0.2, 0.25) is 0 Å². The standard InChI is InChI=1S/C24H21FN4O3/c1-26-21-5-4-12-27-23(21)28(2)17-8-11-22(20(25)14-17)32-19-9-6-16(7-10-19)13-18-15-31-24(30)29(18)3/h4-12,14,18H,13,15H2,2-3H3/t18-/m0/s1. The van der Waals surface area contributed by atoms with E-state index in [2.05, 4.69) is 9.83 Å². The Labute approximate surface area is 185 Å². The van der Waals surface area contributed by atoms with Crippen LogP contribution in [0.5, 0.6) is 11.5 Å². The number of carbonyl (C=O) groups excluding carboxylic acids is 1. The van der Waals surface area contributed by atoms with E-state index in [0.29, 0.717) is 36.0 Å². The fourth-order valence-electron chi connectivity index (χ4n) is 3.46. The zero-order valence-corrected chi connectivity index (χ0v) is 17.7. The highest BCUT2D eigenvalue weighted by molar-refractivity contribution is 5.73. The summed E-state index contributed by atoms with van der Waals surface area (Å²) in [5.41, 5.74) is 1.96. The number of cyclic esters (lactones) is 1. The largest absolute Gasteiger partial charge is 0.454 e. The zero-order chi connectivity index (χ0) is 22.7. The van der Waals surface area contributed by atoms with Gasteiger partial charge in [-0.15, -0.1) is 0 Å². The van der Waals surface area contributed by atoms with Gasteiger partial charge in [-0.1, -0.05) is 24.3 Å². The van der Waals surface area contributed by atoms with Crippen molar-refractivity contribution in [2.45, 2.75) is 12.5 Å². The molecule has 0 bridgehead atoms. The number of amides is 1. The second-order valence-corrected chi connectivity index (χ2v) is 7.42. The fraction of sp³-hybridized carbons (Fsp3) is 0.208. The fourth-order valence-corrected chi connectivity index (χ4v) is 3.46. The van der Waals surface area contributed by atoms with Crippen molar-refractivity contribution in [2.75, 3.05) is 25.6 Å². The second-order valence-electron chi connectivity index (χ2n) is 7.42. The van der Waals surface area contributed by atoms with Crippen molar-refractivity contribution in [3.8, 4) is 11.5 Å². The Morgan fingerprint density at radius 3 is 2.72 bits per heavy atom. The number of halogens is 1. The first-order valence-electron chi connectivity index (χ1n) is 9.98. The molecule has 2 aromatic carbocycles. The molecule has 1 fully saturated rings. The van der Waals surface area contributed by atoms with Crippen molar-refractivity contribution in [2.24, 2.45) is 0 Å². The van der Waals surface area contributed by atoms with Gasteiger partial charge in [-0.3, -0.25) is 4.98 Å². The summed E-state index contributed by atoms with van der Waals surface area (Å²) in [4.78, 5) is 22.4. The SMILES string of the molecule is [C-]#[N+]c1cccnc1N(C)c1ccc(Oc2ccc(C[C@H]3COC(=O)N3C)cc2)c(F)c1.